The number of carbonyl (C=O) groups excluding carboxylic acids is 1. The van der Waals surface area contributed by atoms with Crippen molar-refractivity contribution in [3.05, 3.63) is 69.5 Å². The molecule has 0 radical (unpaired) electrons. The number of rotatable bonds is 4. The summed E-state index contributed by atoms with van der Waals surface area (Å²) in [6, 6.07) is 13.0. The van der Waals surface area contributed by atoms with Gasteiger partial charge in [0.05, 0.1) is 12.6 Å². The van der Waals surface area contributed by atoms with Crippen LogP contribution in [-0.2, 0) is 11.3 Å². The second-order valence-corrected chi connectivity index (χ2v) is 6.53. The van der Waals surface area contributed by atoms with Gasteiger partial charge in [0.15, 0.2) is 0 Å². The van der Waals surface area contributed by atoms with Gasteiger partial charge in [-0.2, -0.15) is 0 Å². The van der Waals surface area contributed by atoms with E-state index < -0.39 is 0 Å². The van der Waals surface area contributed by atoms with E-state index in [-0.39, 0.29) is 18.0 Å². The molecule has 0 bridgehead atoms. The predicted molar refractivity (Wildman–Crippen MR) is 104 cm³/mol. The maximum atomic E-state index is 12.6. The molecule has 26 heavy (non-hydrogen) atoms. The lowest BCUT2D eigenvalue weighted by Gasteiger charge is -2.15. The smallest absolute Gasteiger partial charge is 0.251 e. The van der Waals surface area contributed by atoms with E-state index in [1.54, 1.807) is 19.2 Å². The number of fused-ring (bicyclic) bond motifs is 1. The van der Waals surface area contributed by atoms with E-state index in [0.717, 1.165) is 27.8 Å². The van der Waals surface area contributed by atoms with Gasteiger partial charge in [0, 0.05) is 17.1 Å². The molecule has 1 heterocycles. The fraction of sp³-hybridized carbons (Fsp3) is 0.238. The van der Waals surface area contributed by atoms with Crippen LogP contribution in [0.25, 0.3) is 10.9 Å². The molecule has 5 heteroatoms. The molecule has 3 aromatic rings. The molecule has 0 fully saturated rings. The number of hydrogen-bond acceptors (Lipinski definition) is 3. The fourth-order valence-electron chi connectivity index (χ4n) is 3.28. The topological polar surface area (TPSA) is 60.3 Å². The molecule has 1 amide bonds. The third-order valence-corrected chi connectivity index (χ3v) is 4.33. The second-order valence-electron chi connectivity index (χ2n) is 6.53. The van der Waals surface area contributed by atoms with Crippen LogP contribution in [0.1, 0.15) is 16.7 Å². The fourth-order valence-corrected chi connectivity index (χ4v) is 3.28. The van der Waals surface area contributed by atoms with Gasteiger partial charge in [0.25, 0.3) is 5.56 Å². The van der Waals surface area contributed by atoms with Gasteiger partial charge >= 0.3 is 0 Å². The standard InChI is InChI=1S/C21H22N2O3/c1-13-8-14(2)10-16(9-13)22-19(24)12-23-20(25)11-15(3)17-6-5-7-18(26-4)21(17)23/h5-11H,12H2,1-4H3,(H,22,24). The highest BCUT2D eigenvalue weighted by Gasteiger charge is 2.14. The normalized spacial score (nSPS) is 10.8. The molecule has 0 unspecified atom stereocenters. The molecule has 3 rings (SSSR count). The van der Waals surface area contributed by atoms with Crippen molar-refractivity contribution in [1.82, 2.24) is 4.57 Å². The number of nitrogens with zero attached hydrogens (tertiary/aromatic N) is 1. The number of pyridine rings is 1. The van der Waals surface area contributed by atoms with E-state index in [4.69, 9.17) is 4.74 Å². The van der Waals surface area contributed by atoms with E-state index in [1.165, 1.54) is 4.57 Å². The van der Waals surface area contributed by atoms with E-state index in [0.29, 0.717) is 11.3 Å². The number of ether oxygens (including phenoxy) is 1. The quantitative estimate of drug-likeness (QED) is 0.782. The summed E-state index contributed by atoms with van der Waals surface area (Å²) in [4.78, 5) is 25.1. The highest BCUT2D eigenvalue weighted by Crippen LogP contribution is 2.26. The van der Waals surface area contributed by atoms with Gasteiger partial charge in [0.2, 0.25) is 5.91 Å². The monoisotopic (exact) mass is 350 g/mol. The van der Waals surface area contributed by atoms with Crippen molar-refractivity contribution in [2.24, 2.45) is 0 Å². The van der Waals surface area contributed by atoms with Crippen molar-refractivity contribution in [3.8, 4) is 5.75 Å². The molecule has 0 aliphatic carbocycles. The van der Waals surface area contributed by atoms with Crippen LogP contribution in [0, 0.1) is 20.8 Å². The van der Waals surface area contributed by atoms with Crippen molar-refractivity contribution in [1.29, 1.82) is 0 Å². The number of anilines is 1. The summed E-state index contributed by atoms with van der Waals surface area (Å²) < 4.78 is 6.88. The maximum absolute atomic E-state index is 12.6. The Morgan fingerprint density at radius 3 is 2.42 bits per heavy atom. The van der Waals surface area contributed by atoms with Crippen LogP contribution in [0.4, 0.5) is 5.69 Å². The summed E-state index contributed by atoms with van der Waals surface area (Å²) in [5, 5.41) is 3.77. The molecule has 1 aromatic heterocycles. The summed E-state index contributed by atoms with van der Waals surface area (Å²) >= 11 is 0. The third kappa shape index (κ3) is 3.47. The molecule has 134 valence electrons. The molecule has 0 saturated carbocycles. The van der Waals surface area contributed by atoms with Gasteiger partial charge < -0.3 is 10.1 Å². The first-order valence-corrected chi connectivity index (χ1v) is 8.44. The summed E-state index contributed by atoms with van der Waals surface area (Å²) in [6.07, 6.45) is 0. The first kappa shape index (κ1) is 17.7. The van der Waals surface area contributed by atoms with Crippen LogP contribution in [0.5, 0.6) is 5.75 Å². The summed E-state index contributed by atoms with van der Waals surface area (Å²) in [5.74, 6) is 0.315. The van der Waals surface area contributed by atoms with Gasteiger partial charge in [-0.1, -0.05) is 18.2 Å². The zero-order valence-electron chi connectivity index (χ0n) is 15.4. The highest BCUT2D eigenvalue weighted by atomic mass is 16.5. The molecule has 2 aromatic carbocycles. The number of aromatic nitrogens is 1. The van der Waals surface area contributed by atoms with E-state index in [2.05, 4.69) is 5.32 Å². The molecule has 5 nitrogen and oxygen atoms in total. The van der Waals surface area contributed by atoms with Crippen LogP contribution < -0.4 is 15.6 Å². The first-order valence-electron chi connectivity index (χ1n) is 8.44. The molecule has 0 aliphatic heterocycles. The minimum Gasteiger partial charge on any atom is -0.495 e. The lowest BCUT2D eigenvalue weighted by atomic mass is 10.1. The average Bonchev–Trinajstić information content (AvgIpc) is 2.57. The third-order valence-electron chi connectivity index (χ3n) is 4.33. The minimum absolute atomic E-state index is 0.0804. The van der Waals surface area contributed by atoms with Crippen molar-refractivity contribution in [2.75, 3.05) is 12.4 Å². The first-order chi connectivity index (χ1) is 12.4. The zero-order chi connectivity index (χ0) is 18.8. The number of aryl methyl sites for hydroxylation is 3. The Kier molecular flexibility index (Phi) is 4.80. The number of methoxy groups -OCH3 is 1. The number of para-hydroxylation sites is 1. The van der Waals surface area contributed by atoms with Gasteiger partial charge in [0.1, 0.15) is 12.3 Å². The Hall–Kier alpha value is -3.08. The van der Waals surface area contributed by atoms with Gasteiger partial charge in [-0.15, -0.1) is 0 Å². The molecular formula is C21H22N2O3. The second kappa shape index (κ2) is 7.04. The lowest BCUT2D eigenvalue weighted by molar-refractivity contribution is -0.116. The van der Waals surface area contributed by atoms with Crippen molar-refractivity contribution in [2.45, 2.75) is 27.3 Å². The van der Waals surface area contributed by atoms with Crippen molar-refractivity contribution >= 4 is 22.5 Å². The minimum atomic E-state index is -0.256. The maximum Gasteiger partial charge on any atom is 0.251 e. The summed E-state index contributed by atoms with van der Waals surface area (Å²) in [6.45, 7) is 5.75. The van der Waals surface area contributed by atoms with Crippen molar-refractivity contribution in [3.63, 3.8) is 0 Å². The Balaban J connectivity index is 2.00. The summed E-state index contributed by atoms with van der Waals surface area (Å²) in [7, 11) is 1.56. The van der Waals surface area contributed by atoms with Crippen LogP contribution >= 0.6 is 0 Å². The number of nitrogens with one attached hydrogen (secondary N) is 1. The number of benzene rings is 2. The van der Waals surface area contributed by atoms with Gasteiger partial charge in [-0.05, 0) is 55.7 Å². The Morgan fingerprint density at radius 2 is 1.77 bits per heavy atom. The molecule has 0 spiro atoms. The zero-order valence-corrected chi connectivity index (χ0v) is 15.4. The van der Waals surface area contributed by atoms with Crippen LogP contribution in [0.3, 0.4) is 0 Å². The van der Waals surface area contributed by atoms with Crippen LogP contribution in [-0.4, -0.2) is 17.6 Å². The molecule has 0 atom stereocenters. The molecule has 1 N–H and O–H groups in total. The number of carbonyl (C=O) groups is 1. The van der Waals surface area contributed by atoms with Gasteiger partial charge in [-0.25, -0.2) is 0 Å². The Bertz CT molecular complexity index is 1030. The Morgan fingerprint density at radius 1 is 1.08 bits per heavy atom. The molecule has 0 aliphatic rings. The molecule has 0 saturated heterocycles. The SMILES string of the molecule is COc1cccc2c(C)cc(=O)n(CC(=O)Nc3cc(C)cc(C)c3)c12. The van der Waals surface area contributed by atoms with Gasteiger partial charge in [-0.3, -0.25) is 14.2 Å². The Labute approximate surface area is 152 Å². The highest BCUT2D eigenvalue weighted by molar-refractivity contribution is 5.93. The van der Waals surface area contributed by atoms with E-state index in [1.807, 2.05) is 51.1 Å². The number of amides is 1. The van der Waals surface area contributed by atoms with Crippen LogP contribution in [0.15, 0.2) is 47.3 Å². The van der Waals surface area contributed by atoms with E-state index in [9.17, 15) is 9.59 Å². The summed E-state index contributed by atoms with van der Waals surface area (Å²) in [5.41, 5.74) is 4.13. The van der Waals surface area contributed by atoms with Crippen LogP contribution in [0.2, 0.25) is 0 Å². The predicted octanol–water partition coefficient (Wildman–Crippen LogP) is 3.57. The number of hydrogen-bond donors (Lipinski definition) is 1. The molecular weight excluding hydrogens is 328 g/mol. The van der Waals surface area contributed by atoms with E-state index >= 15 is 0 Å². The lowest BCUT2D eigenvalue weighted by Crippen LogP contribution is -2.28. The largest absolute Gasteiger partial charge is 0.495 e. The average molecular weight is 350 g/mol. The van der Waals surface area contributed by atoms with Crippen molar-refractivity contribution < 1.29 is 9.53 Å².